The summed E-state index contributed by atoms with van der Waals surface area (Å²) in [5.74, 6) is -0.793. The normalized spacial score (nSPS) is 12.3. The first kappa shape index (κ1) is 21.6. The van der Waals surface area contributed by atoms with Crippen LogP contribution in [-0.2, 0) is 19.4 Å². The maximum absolute atomic E-state index is 13.3. The molecule has 34 heavy (non-hydrogen) atoms. The lowest BCUT2D eigenvalue weighted by molar-refractivity contribution is 0.0944. The van der Waals surface area contributed by atoms with E-state index in [9.17, 15) is 14.0 Å². The van der Waals surface area contributed by atoms with E-state index < -0.39 is 0 Å². The van der Waals surface area contributed by atoms with E-state index in [2.05, 4.69) is 15.7 Å². The minimum atomic E-state index is -0.315. The third-order valence-corrected chi connectivity index (χ3v) is 5.89. The molecule has 3 aromatic carbocycles. The largest absolute Gasteiger partial charge is 0.347 e. The Hall–Kier alpha value is -4.26. The van der Waals surface area contributed by atoms with Crippen LogP contribution in [-0.4, -0.2) is 21.6 Å². The highest BCUT2D eigenvalue weighted by Crippen LogP contribution is 2.28. The average Bonchev–Trinajstić information content (AvgIpc) is 3.47. The molecule has 2 N–H and O–H groups in total. The Kier molecular flexibility index (Phi) is 5.91. The van der Waals surface area contributed by atoms with E-state index in [-0.39, 0.29) is 24.2 Å². The zero-order chi connectivity index (χ0) is 23.5. The summed E-state index contributed by atoms with van der Waals surface area (Å²) < 4.78 is 15.1. The standard InChI is InChI=1S/C27H23FN4O2/c28-20-12-14-22(15-13-20)32-24-11-5-10-23(24)25(31-32)27(34)29-17-18-6-4-7-19(16-18)26(33)30-21-8-2-1-3-9-21/h1-4,6-9,12-16H,5,10-11,17H2,(H,29,34)(H,30,33). The van der Waals surface area contributed by atoms with Crippen molar-refractivity contribution >= 4 is 17.5 Å². The number of hydrogen-bond acceptors (Lipinski definition) is 3. The number of nitrogens with one attached hydrogen (secondary N) is 2. The molecule has 0 radical (unpaired) electrons. The van der Waals surface area contributed by atoms with Crippen LogP contribution in [0.2, 0.25) is 0 Å². The van der Waals surface area contributed by atoms with Crippen LogP contribution in [0.15, 0.2) is 78.9 Å². The first-order chi connectivity index (χ1) is 16.6. The molecule has 7 heteroatoms. The summed E-state index contributed by atoms with van der Waals surface area (Å²) in [6.45, 7) is 0.267. The molecular formula is C27H23FN4O2. The smallest absolute Gasteiger partial charge is 0.272 e. The fourth-order valence-electron chi connectivity index (χ4n) is 4.23. The number of fused-ring (bicyclic) bond motifs is 1. The predicted molar refractivity (Wildman–Crippen MR) is 128 cm³/mol. The summed E-state index contributed by atoms with van der Waals surface area (Å²) in [7, 11) is 0. The molecular weight excluding hydrogens is 431 g/mol. The molecule has 0 saturated carbocycles. The number of halogens is 1. The van der Waals surface area contributed by atoms with Gasteiger partial charge in [-0.3, -0.25) is 9.59 Å². The predicted octanol–water partition coefficient (Wildman–Crippen LogP) is 4.68. The second-order valence-corrected chi connectivity index (χ2v) is 8.22. The summed E-state index contributed by atoms with van der Waals surface area (Å²) in [6, 6.07) is 22.5. The van der Waals surface area contributed by atoms with E-state index >= 15 is 0 Å². The zero-order valence-corrected chi connectivity index (χ0v) is 18.4. The summed E-state index contributed by atoms with van der Waals surface area (Å²) >= 11 is 0. The van der Waals surface area contributed by atoms with Gasteiger partial charge in [0.1, 0.15) is 5.82 Å². The van der Waals surface area contributed by atoms with Crippen LogP contribution in [0.5, 0.6) is 0 Å². The van der Waals surface area contributed by atoms with Crippen LogP contribution in [0.4, 0.5) is 10.1 Å². The lowest BCUT2D eigenvalue weighted by Crippen LogP contribution is -2.24. The van der Waals surface area contributed by atoms with Crippen LogP contribution in [0.1, 0.15) is 44.1 Å². The van der Waals surface area contributed by atoms with Crippen molar-refractivity contribution in [2.75, 3.05) is 5.32 Å². The first-order valence-corrected chi connectivity index (χ1v) is 11.2. The number of benzene rings is 3. The maximum atomic E-state index is 13.3. The van der Waals surface area contributed by atoms with Gasteiger partial charge in [-0.2, -0.15) is 5.10 Å². The Balaban J connectivity index is 1.30. The molecule has 0 aliphatic heterocycles. The van der Waals surface area contributed by atoms with Crippen LogP contribution < -0.4 is 10.6 Å². The summed E-state index contributed by atoms with van der Waals surface area (Å²) in [4.78, 5) is 25.6. The lowest BCUT2D eigenvalue weighted by Gasteiger charge is -2.08. The monoisotopic (exact) mass is 454 g/mol. The molecule has 0 bridgehead atoms. The number of rotatable bonds is 6. The number of aromatic nitrogens is 2. The van der Waals surface area contributed by atoms with Gasteiger partial charge in [0.2, 0.25) is 0 Å². The van der Waals surface area contributed by atoms with E-state index in [1.54, 1.807) is 35.0 Å². The lowest BCUT2D eigenvalue weighted by atomic mass is 10.1. The van der Waals surface area contributed by atoms with Gasteiger partial charge in [0.25, 0.3) is 11.8 Å². The highest BCUT2D eigenvalue weighted by Gasteiger charge is 2.26. The highest BCUT2D eigenvalue weighted by molar-refractivity contribution is 6.04. The van der Waals surface area contributed by atoms with Gasteiger partial charge in [-0.25, -0.2) is 9.07 Å². The van der Waals surface area contributed by atoms with Crippen molar-refractivity contribution in [2.24, 2.45) is 0 Å². The SMILES string of the molecule is O=C(Nc1ccccc1)c1cccc(CNC(=O)c2nn(-c3ccc(F)cc3)c3c2CCC3)c1. The minimum absolute atomic E-state index is 0.213. The molecule has 0 saturated heterocycles. The van der Waals surface area contributed by atoms with Gasteiger partial charge >= 0.3 is 0 Å². The van der Waals surface area contributed by atoms with Crippen molar-refractivity contribution in [3.63, 3.8) is 0 Å². The van der Waals surface area contributed by atoms with Crippen LogP contribution in [0.25, 0.3) is 5.69 Å². The van der Waals surface area contributed by atoms with E-state index in [1.807, 2.05) is 36.4 Å². The Morgan fingerprint density at radius 3 is 2.50 bits per heavy atom. The number of carbonyl (C=O) groups excluding carboxylic acids is 2. The number of carbonyl (C=O) groups is 2. The number of para-hydroxylation sites is 1. The minimum Gasteiger partial charge on any atom is -0.347 e. The molecule has 5 rings (SSSR count). The molecule has 6 nitrogen and oxygen atoms in total. The van der Waals surface area contributed by atoms with Gasteiger partial charge in [-0.1, -0.05) is 30.3 Å². The molecule has 1 aromatic heterocycles. The number of nitrogens with zero attached hydrogens (tertiary/aromatic N) is 2. The Morgan fingerprint density at radius 1 is 0.912 bits per heavy atom. The van der Waals surface area contributed by atoms with Crippen LogP contribution in [0.3, 0.4) is 0 Å². The molecule has 1 heterocycles. The molecule has 1 aliphatic carbocycles. The van der Waals surface area contributed by atoms with Crippen molar-refractivity contribution < 1.29 is 14.0 Å². The van der Waals surface area contributed by atoms with Crippen LogP contribution in [0, 0.1) is 5.82 Å². The Bertz CT molecular complexity index is 1350. The molecule has 2 amide bonds. The molecule has 170 valence electrons. The summed E-state index contributed by atoms with van der Waals surface area (Å²) in [5.41, 5.74) is 5.11. The number of anilines is 1. The van der Waals surface area contributed by atoms with E-state index in [0.29, 0.717) is 11.3 Å². The van der Waals surface area contributed by atoms with Crippen molar-refractivity contribution in [3.05, 3.63) is 113 Å². The summed E-state index contributed by atoms with van der Waals surface area (Å²) in [5, 5.41) is 10.3. The average molecular weight is 455 g/mol. The fraction of sp³-hybridized carbons (Fsp3) is 0.148. The third-order valence-electron chi connectivity index (χ3n) is 5.89. The summed E-state index contributed by atoms with van der Waals surface area (Å²) in [6.07, 6.45) is 2.56. The van der Waals surface area contributed by atoms with Gasteiger partial charge in [0, 0.05) is 29.1 Å². The van der Waals surface area contributed by atoms with Gasteiger partial charge in [0.05, 0.1) is 5.69 Å². The maximum Gasteiger partial charge on any atom is 0.272 e. The first-order valence-electron chi connectivity index (χ1n) is 11.2. The highest BCUT2D eigenvalue weighted by atomic mass is 19.1. The van der Waals surface area contributed by atoms with Crippen molar-refractivity contribution in [1.29, 1.82) is 0 Å². The number of hydrogen-bond donors (Lipinski definition) is 2. The Morgan fingerprint density at radius 2 is 1.71 bits per heavy atom. The van der Waals surface area contributed by atoms with Crippen LogP contribution >= 0.6 is 0 Å². The van der Waals surface area contributed by atoms with Crippen molar-refractivity contribution in [1.82, 2.24) is 15.1 Å². The molecule has 4 aromatic rings. The molecule has 0 atom stereocenters. The van der Waals surface area contributed by atoms with E-state index in [1.165, 1.54) is 12.1 Å². The molecule has 0 fully saturated rings. The number of amides is 2. The van der Waals surface area contributed by atoms with Gasteiger partial charge in [-0.05, 0) is 73.4 Å². The van der Waals surface area contributed by atoms with Gasteiger partial charge in [-0.15, -0.1) is 0 Å². The second kappa shape index (κ2) is 9.31. The zero-order valence-electron chi connectivity index (χ0n) is 18.4. The fourth-order valence-corrected chi connectivity index (χ4v) is 4.23. The third kappa shape index (κ3) is 4.45. The quantitative estimate of drug-likeness (QED) is 0.444. The molecule has 0 spiro atoms. The molecule has 1 aliphatic rings. The van der Waals surface area contributed by atoms with E-state index in [4.69, 9.17) is 0 Å². The van der Waals surface area contributed by atoms with Gasteiger partial charge in [0.15, 0.2) is 5.69 Å². The van der Waals surface area contributed by atoms with Crippen molar-refractivity contribution in [3.8, 4) is 5.69 Å². The van der Waals surface area contributed by atoms with Gasteiger partial charge < -0.3 is 10.6 Å². The second-order valence-electron chi connectivity index (χ2n) is 8.22. The van der Waals surface area contributed by atoms with Crippen molar-refractivity contribution in [2.45, 2.75) is 25.8 Å². The topological polar surface area (TPSA) is 76.0 Å². The molecule has 0 unspecified atom stereocenters. The van der Waals surface area contributed by atoms with E-state index in [0.717, 1.165) is 47.5 Å². The Labute approximate surface area is 196 Å².